The van der Waals surface area contributed by atoms with E-state index < -0.39 is 6.10 Å². The van der Waals surface area contributed by atoms with Gasteiger partial charge in [0.05, 0.1) is 19.8 Å². The first-order valence-corrected chi connectivity index (χ1v) is 10.4. The van der Waals surface area contributed by atoms with Crippen molar-refractivity contribution >= 4 is 32.3 Å². The van der Waals surface area contributed by atoms with E-state index in [2.05, 4.69) is 66.4 Å². The molecule has 0 unspecified atom stereocenters. The molecule has 5 aromatic rings. The van der Waals surface area contributed by atoms with Crippen molar-refractivity contribution in [2.45, 2.75) is 12.7 Å². The van der Waals surface area contributed by atoms with Gasteiger partial charge in [0.15, 0.2) is 0 Å². The van der Waals surface area contributed by atoms with E-state index >= 15 is 0 Å². The summed E-state index contributed by atoms with van der Waals surface area (Å²) in [5, 5.41) is 25.7. The van der Waals surface area contributed by atoms with Gasteiger partial charge < -0.3 is 14.9 Å². The van der Waals surface area contributed by atoms with Crippen molar-refractivity contribution in [1.82, 2.24) is 0 Å². The van der Waals surface area contributed by atoms with Crippen LogP contribution in [0.3, 0.4) is 0 Å². The largest absolute Gasteiger partial charge is 0.394 e. The summed E-state index contributed by atoms with van der Waals surface area (Å²) in [7, 11) is 0. The molecule has 5 aromatic carbocycles. The van der Waals surface area contributed by atoms with Crippen LogP contribution in [0.15, 0.2) is 78.9 Å². The molecule has 0 aliphatic carbocycles. The normalized spacial score (nSPS) is 12.3. The van der Waals surface area contributed by atoms with Gasteiger partial charge in [0, 0.05) is 11.1 Å². The fourth-order valence-electron chi connectivity index (χ4n) is 4.03. The lowest BCUT2D eigenvalue weighted by Gasteiger charge is -2.11. The molecule has 0 spiro atoms. The van der Waals surface area contributed by atoms with Gasteiger partial charge in [-0.05, 0) is 56.1 Å². The van der Waals surface area contributed by atoms with Gasteiger partial charge >= 0.3 is 0 Å². The molecule has 0 radical (unpaired) electrons. The molecule has 1 atom stereocenters. The van der Waals surface area contributed by atoms with E-state index in [0.717, 1.165) is 16.7 Å². The summed E-state index contributed by atoms with van der Waals surface area (Å²) in [6, 6.07) is 27.3. The molecule has 3 nitrogen and oxygen atoms in total. The summed E-state index contributed by atoms with van der Waals surface area (Å²) in [6.07, 6.45) is -0.838. The Morgan fingerprint density at radius 1 is 0.742 bits per heavy atom. The minimum absolute atomic E-state index is 0.118. The van der Waals surface area contributed by atoms with Crippen molar-refractivity contribution in [3.05, 3.63) is 95.6 Å². The van der Waals surface area contributed by atoms with E-state index in [-0.39, 0.29) is 13.2 Å². The lowest BCUT2D eigenvalue weighted by Crippen LogP contribution is -2.19. The minimum Gasteiger partial charge on any atom is -0.394 e. The topological polar surface area (TPSA) is 49.7 Å². The number of hydrogen-bond acceptors (Lipinski definition) is 3. The second-order valence-electron chi connectivity index (χ2n) is 7.77. The van der Waals surface area contributed by atoms with Crippen LogP contribution in [-0.2, 0) is 11.3 Å². The molecule has 0 saturated carbocycles. The second-order valence-corrected chi connectivity index (χ2v) is 7.77. The summed E-state index contributed by atoms with van der Waals surface area (Å²) in [4.78, 5) is 0. The van der Waals surface area contributed by atoms with Gasteiger partial charge in [0.25, 0.3) is 0 Å². The molecule has 152 valence electrons. The predicted octanol–water partition coefficient (Wildman–Crippen LogP) is 4.85. The molecule has 0 heterocycles. The quantitative estimate of drug-likeness (QED) is 0.324. The van der Waals surface area contributed by atoms with Gasteiger partial charge in [0.2, 0.25) is 0 Å². The highest BCUT2D eigenvalue weighted by Gasteiger charge is 2.09. The zero-order valence-corrected chi connectivity index (χ0v) is 17.0. The molecule has 0 saturated heterocycles. The summed E-state index contributed by atoms with van der Waals surface area (Å²) >= 11 is 0. The Balaban J connectivity index is 1.44. The average Bonchev–Trinajstić information content (AvgIpc) is 2.82. The van der Waals surface area contributed by atoms with Crippen LogP contribution in [0, 0.1) is 11.8 Å². The molecular weight excluding hydrogens is 384 g/mol. The van der Waals surface area contributed by atoms with E-state index in [1.807, 2.05) is 24.3 Å². The summed E-state index contributed by atoms with van der Waals surface area (Å²) in [5.41, 5.74) is 2.96. The molecule has 0 aromatic heterocycles. The highest BCUT2D eigenvalue weighted by atomic mass is 16.5. The smallest absolute Gasteiger partial charge is 0.100 e. The van der Waals surface area contributed by atoms with Gasteiger partial charge in [0.1, 0.15) is 6.10 Å². The van der Waals surface area contributed by atoms with E-state index in [1.54, 1.807) is 0 Å². The van der Waals surface area contributed by atoms with Crippen molar-refractivity contribution in [3.8, 4) is 11.8 Å². The SMILES string of the molecule is OC[C@@H](O)COCc1ccc(C#Cc2ccc3ccc4cccc5ccc2c3c45)cc1. The molecule has 5 rings (SSSR count). The fourth-order valence-corrected chi connectivity index (χ4v) is 4.03. The monoisotopic (exact) mass is 406 g/mol. The van der Waals surface area contributed by atoms with E-state index in [4.69, 9.17) is 9.84 Å². The van der Waals surface area contributed by atoms with Crippen LogP contribution in [0.5, 0.6) is 0 Å². The first-order valence-electron chi connectivity index (χ1n) is 10.4. The van der Waals surface area contributed by atoms with E-state index in [9.17, 15) is 5.11 Å². The van der Waals surface area contributed by atoms with E-state index in [0.29, 0.717) is 6.61 Å². The standard InChI is InChI=1S/C28H22O3/c29-16-25(30)18-31-17-20-6-4-19(5-7-20)8-9-21-10-11-24-13-12-22-2-1-3-23-14-15-26(21)28(24)27(22)23/h1-7,10-15,25,29-30H,16-18H2/t25-/m1/s1. The van der Waals surface area contributed by atoms with Crippen LogP contribution < -0.4 is 0 Å². The van der Waals surface area contributed by atoms with Crippen LogP contribution in [0.4, 0.5) is 0 Å². The van der Waals surface area contributed by atoms with Gasteiger partial charge in [-0.25, -0.2) is 0 Å². The van der Waals surface area contributed by atoms with Gasteiger partial charge in [-0.3, -0.25) is 0 Å². The molecule has 0 fully saturated rings. The first-order chi connectivity index (χ1) is 15.2. The van der Waals surface area contributed by atoms with E-state index in [1.165, 1.54) is 32.3 Å². The zero-order chi connectivity index (χ0) is 21.2. The summed E-state index contributed by atoms with van der Waals surface area (Å²) in [5.74, 6) is 6.64. The Kier molecular flexibility index (Phi) is 5.28. The van der Waals surface area contributed by atoms with Gasteiger partial charge in [-0.2, -0.15) is 0 Å². The Morgan fingerprint density at radius 2 is 1.42 bits per heavy atom. The number of rotatable bonds is 5. The molecule has 31 heavy (non-hydrogen) atoms. The van der Waals surface area contributed by atoms with Gasteiger partial charge in [-0.15, -0.1) is 0 Å². The lowest BCUT2D eigenvalue weighted by atomic mass is 9.92. The number of aliphatic hydroxyl groups is 2. The third-order valence-corrected chi connectivity index (χ3v) is 5.61. The molecule has 3 heteroatoms. The Bertz CT molecular complexity index is 1390. The summed E-state index contributed by atoms with van der Waals surface area (Å²) < 4.78 is 5.40. The highest BCUT2D eigenvalue weighted by molar-refractivity contribution is 6.23. The van der Waals surface area contributed by atoms with Crippen LogP contribution in [0.1, 0.15) is 16.7 Å². The molecule has 0 aliphatic heterocycles. The second kappa shape index (κ2) is 8.37. The number of aliphatic hydroxyl groups excluding tert-OH is 2. The Hall–Kier alpha value is -3.42. The molecule has 0 bridgehead atoms. The maximum absolute atomic E-state index is 9.33. The molecular formula is C28H22O3. The van der Waals surface area contributed by atoms with Crippen LogP contribution >= 0.6 is 0 Å². The zero-order valence-electron chi connectivity index (χ0n) is 17.0. The lowest BCUT2D eigenvalue weighted by molar-refractivity contribution is 0.0000244. The summed E-state index contributed by atoms with van der Waals surface area (Å²) in [6.45, 7) is 0.212. The highest BCUT2D eigenvalue weighted by Crippen LogP contribution is 2.35. The number of ether oxygens (including phenoxy) is 1. The van der Waals surface area contributed by atoms with Crippen molar-refractivity contribution < 1.29 is 14.9 Å². The minimum atomic E-state index is -0.838. The van der Waals surface area contributed by atoms with Crippen molar-refractivity contribution in [3.63, 3.8) is 0 Å². The van der Waals surface area contributed by atoms with Crippen molar-refractivity contribution in [2.75, 3.05) is 13.2 Å². The van der Waals surface area contributed by atoms with Crippen LogP contribution in [0.25, 0.3) is 32.3 Å². The molecule has 0 aliphatic rings. The molecule has 2 N–H and O–H groups in total. The fraction of sp³-hybridized carbons (Fsp3) is 0.143. The predicted molar refractivity (Wildman–Crippen MR) is 125 cm³/mol. The average molecular weight is 406 g/mol. The first kappa shape index (κ1) is 19.5. The van der Waals surface area contributed by atoms with Crippen LogP contribution in [-0.4, -0.2) is 29.5 Å². The molecule has 0 amide bonds. The number of hydrogen-bond donors (Lipinski definition) is 2. The van der Waals surface area contributed by atoms with Gasteiger partial charge in [-0.1, -0.05) is 72.5 Å². The number of benzene rings is 5. The third-order valence-electron chi connectivity index (χ3n) is 5.61. The maximum Gasteiger partial charge on any atom is 0.100 e. The Morgan fingerprint density at radius 3 is 2.16 bits per heavy atom. The van der Waals surface area contributed by atoms with Crippen molar-refractivity contribution in [2.24, 2.45) is 0 Å². The Labute approximate surface area is 180 Å². The van der Waals surface area contributed by atoms with Crippen LogP contribution in [0.2, 0.25) is 0 Å². The van der Waals surface area contributed by atoms with Crippen molar-refractivity contribution in [1.29, 1.82) is 0 Å². The maximum atomic E-state index is 9.33. The third kappa shape index (κ3) is 3.85.